The smallest absolute Gasteiger partial charge is 0.213 e. The molecule has 1 aromatic carbocycles. The van der Waals surface area contributed by atoms with E-state index in [9.17, 15) is 0 Å². The minimum absolute atomic E-state index is 0.959. The molecule has 0 aliphatic rings. The summed E-state index contributed by atoms with van der Waals surface area (Å²) in [7, 11) is 0. The lowest BCUT2D eigenvalue weighted by Gasteiger charge is -2.03. The first-order valence-electron chi connectivity index (χ1n) is 13.3. The van der Waals surface area contributed by atoms with Crippen LogP contribution in [0, 0.1) is 6.92 Å². The van der Waals surface area contributed by atoms with Gasteiger partial charge in [-0.2, -0.15) is 9.61 Å². The molecule has 0 unspecified atom stereocenters. The van der Waals surface area contributed by atoms with Crippen LogP contribution in [0.1, 0.15) is 114 Å². The van der Waals surface area contributed by atoms with Crippen molar-refractivity contribution >= 4 is 32.2 Å². The number of halogens is 1. The predicted octanol–water partition coefficient (Wildman–Crippen LogP) is 9.94. The summed E-state index contributed by atoms with van der Waals surface area (Å²) in [4.78, 5) is 5.81. The Morgan fingerprint density at radius 3 is 1.79 bits per heavy atom. The number of nitrogens with zero attached hydrogens (tertiary/aromatic N) is 3. The number of aryl methyl sites for hydroxylation is 2. The van der Waals surface area contributed by atoms with Gasteiger partial charge in [0.25, 0.3) is 0 Å². The molecule has 0 amide bonds. The zero-order chi connectivity index (χ0) is 23.3. The molecule has 0 saturated heterocycles. The average Bonchev–Trinajstić information content (AvgIpc) is 3.35. The quantitative estimate of drug-likeness (QED) is 0.162. The van der Waals surface area contributed by atoms with E-state index in [-0.39, 0.29) is 0 Å². The lowest BCUT2D eigenvalue weighted by atomic mass is 10.0. The molecule has 33 heavy (non-hydrogen) atoms. The van der Waals surface area contributed by atoms with Gasteiger partial charge in [-0.25, -0.2) is 4.98 Å². The highest BCUT2D eigenvalue weighted by molar-refractivity contribution is 9.10. The van der Waals surface area contributed by atoms with Crippen LogP contribution < -0.4 is 0 Å². The van der Waals surface area contributed by atoms with Crippen LogP contribution in [0.2, 0.25) is 0 Å². The van der Waals surface area contributed by atoms with E-state index < -0.39 is 0 Å². The maximum Gasteiger partial charge on any atom is 0.213 e. The zero-order valence-corrected chi connectivity index (χ0v) is 23.2. The van der Waals surface area contributed by atoms with Gasteiger partial charge in [0.1, 0.15) is 15.3 Å². The molecule has 0 radical (unpaired) electrons. The fourth-order valence-corrected chi connectivity index (χ4v) is 6.02. The van der Waals surface area contributed by atoms with Crippen LogP contribution >= 0.6 is 27.3 Å². The molecular formula is C28H42BrN3S. The van der Waals surface area contributed by atoms with Gasteiger partial charge in [-0.3, -0.25) is 0 Å². The van der Waals surface area contributed by atoms with Crippen LogP contribution in [0.5, 0.6) is 0 Å². The van der Waals surface area contributed by atoms with Crippen molar-refractivity contribution in [1.29, 1.82) is 0 Å². The van der Waals surface area contributed by atoms with Gasteiger partial charge in [0.05, 0.1) is 0 Å². The molecule has 3 rings (SSSR count). The minimum Gasteiger partial charge on any atom is -0.216 e. The number of imidazole rings is 1. The fourth-order valence-electron chi connectivity index (χ4n) is 4.41. The predicted molar refractivity (Wildman–Crippen MR) is 147 cm³/mol. The number of fused-ring (bicyclic) bond motifs is 1. The Balaban J connectivity index is 1.24. The maximum atomic E-state index is 4.83. The molecule has 0 fully saturated rings. The van der Waals surface area contributed by atoms with Gasteiger partial charge in [0, 0.05) is 12.0 Å². The highest BCUT2D eigenvalue weighted by Gasteiger charge is 2.15. The summed E-state index contributed by atoms with van der Waals surface area (Å²) in [5, 5.41) is 6.00. The van der Waals surface area contributed by atoms with Gasteiger partial charge >= 0.3 is 0 Å². The Bertz CT molecular complexity index is 929. The first kappa shape index (κ1) is 26.4. The normalized spacial score (nSPS) is 11.6. The molecular weight excluding hydrogens is 490 g/mol. The van der Waals surface area contributed by atoms with E-state index in [1.54, 1.807) is 11.3 Å². The van der Waals surface area contributed by atoms with Crippen molar-refractivity contribution in [3.8, 4) is 11.3 Å². The number of unbranched alkanes of at least 4 members (excludes halogenated alkanes) is 14. The largest absolute Gasteiger partial charge is 0.216 e. The summed E-state index contributed by atoms with van der Waals surface area (Å²) in [5.74, 6) is 0. The molecule has 0 atom stereocenters. The van der Waals surface area contributed by atoms with E-state index in [1.807, 2.05) is 4.52 Å². The first-order valence-corrected chi connectivity index (χ1v) is 14.9. The van der Waals surface area contributed by atoms with E-state index >= 15 is 0 Å². The second-order valence-electron chi connectivity index (χ2n) is 9.51. The fraction of sp³-hybridized carbons (Fsp3) is 0.643. The second-order valence-corrected chi connectivity index (χ2v) is 11.3. The molecule has 5 heteroatoms. The van der Waals surface area contributed by atoms with Crippen LogP contribution in [0.25, 0.3) is 16.2 Å². The second kappa shape index (κ2) is 14.9. The number of aromatic nitrogens is 3. The van der Waals surface area contributed by atoms with E-state index in [2.05, 4.69) is 54.0 Å². The summed E-state index contributed by atoms with van der Waals surface area (Å²) in [6, 6.07) is 8.52. The van der Waals surface area contributed by atoms with Gasteiger partial charge in [-0.1, -0.05) is 138 Å². The molecule has 0 N–H and O–H groups in total. The van der Waals surface area contributed by atoms with Gasteiger partial charge in [0.15, 0.2) is 0 Å². The lowest BCUT2D eigenvalue weighted by Crippen LogP contribution is -1.90. The number of rotatable bonds is 17. The van der Waals surface area contributed by atoms with E-state index in [4.69, 9.17) is 10.1 Å². The van der Waals surface area contributed by atoms with Gasteiger partial charge in [0.2, 0.25) is 4.96 Å². The summed E-state index contributed by atoms with van der Waals surface area (Å²) in [6.07, 6.45) is 22.1. The topological polar surface area (TPSA) is 30.2 Å². The monoisotopic (exact) mass is 531 g/mol. The molecule has 0 aliphatic carbocycles. The van der Waals surface area contributed by atoms with Crippen molar-refractivity contribution in [3.63, 3.8) is 0 Å². The number of hydrogen-bond donors (Lipinski definition) is 0. The average molecular weight is 533 g/mol. The third-order valence-electron chi connectivity index (χ3n) is 6.51. The standard InChI is InChI=1S/C28H42BrN3S/c1-3-4-5-6-7-8-9-10-11-12-13-14-15-16-17-18-25-31-32-27(29)26(30-28(32)33-25)24-21-19-23(2)20-22-24/h19-22H,3-18H2,1-2H3. The van der Waals surface area contributed by atoms with Crippen LogP contribution in [-0.4, -0.2) is 14.6 Å². The van der Waals surface area contributed by atoms with Crippen molar-refractivity contribution in [2.75, 3.05) is 0 Å². The zero-order valence-electron chi connectivity index (χ0n) is 20.8. The third-order valence-corrected chi connectivity index (χ3v) is 8.19. The van der Waals surface area contributed by atoms with Gasteiger partial charge < -0.3 is 0 Å². The molecule has 3 aromatic rings. The van der Waals surface area contributed by atoms with Crippen molar-refractivity contribution in [2.24, 2.45) is 0 Å². The third kappa shape index (κ3) is 8.83. The van der Waals surface area contributed by atoms with Crippen molar-refractivity contribution < 1.29 is 0 Å². The Kier molecular flexibility index (Phi) is 11.9. The molecule has 0 saturated carbocycles. The molecule has 182 valence electrons. The molecule has 0 bridgehead atoms. The van der Waals surface area contributed by atoms with Crippen molar-refractivity contribution in [1.82, 2.24) is 14.6 Å². The van der Waals surface area contributed by atoms with Crippen LogP contribution in [-0.2, 0) is 6.42 Å². The molecule has 0 aliphatic heterocycles. The van der Waals surface area contributed by atoms with Gasteiger partial charge in [-0.15, -0.1) is 0 Å². The number of benzene rings is 1. The Labute approximate surface area is 213 Å². The van der Waals surface area contributed by atoms with E-state index in [0.29, 0.717) is 0 Å². The SMILES string of the molecule is CCCCCCCCCCCCCCCCCc1nn2c(Br)c(-c3ccc(C)cc3)nc2s1. The van der Waals surface area contributed by atoms with E-state index in [1.165, 1.54) is 107 Å². The van der Waals surface area contributed by atoms with Crippen LogP contribution in [0.4, 0.5) is 0 Å². The summed E-state index contributed by atoms with van der Waals surface area (Å²) in [5.41, 5.74) is 3.38. The Morgan fingerprint density at radius 2 is 1.27 bits per heavy atom. The highest BCUT2D eigenvalue weighted by Crippen LogP contribution is 2.31. The highest BCUT2D eigenvalue weighted by atomic mass is 79.9. The first-order chi connectivity index (χ1) is 16.2. The summed E-state index contributed by atoms with van der Waals surface area (Å²) < 4.78 is 2.92. The molecule has 0 spiro atoms. The van der Waals surface area contributed by atoms with Gasteiger partial charge in [-0.05, 0) is 29.3 Å². The summed E-state index contributed by atoms with van der Waals surface area (Å²) in [6.45, 7) is 4.40. The molecule has 2 aromatic heterocycles. The maximum absolute atomic E-state index is 4.83. The van der Waals surface area contributed by atoms with Crippen molar-refractivity contribution in [2.45, 2.75) is 117 Å². The number of hydrogen-bond acceptors (Lipinski definition) is 3. The van der Waals surface area contributed by atoms with Crippen LogP contribution in [0.15, 0.2) is 28.9 Å². The minimum atomic E-state index is 0.959. The molecule has 2 heterocycles. The van der Waals surface area contributed by atoms with Crippen LogP contribution in [0.3, 0.4) is 0 Å². The lowest BCUT2D eigenvalue weighted by molar-refractivity contribution is 0.532. The van der Waals surface area contributed by atoms with Crippen molar-refractivity contribution in [3.05, 3.63) is 39.4 Å². The summed E-state index contributed by atoms with van der Waals surface area (Å²) >= 11 is 5.44. The Morgan fingerprint density at radius 1 is 0.758 bits per heavy atom. The van der Waals surface area contributed by atoms with E-state index in [0.717, 1.165) is 27.2 Å². The Hall–Kier alpha value is -1.20. The molecule has 3 nitrogen and oxygen atoms in total.